The Morgan fingerprint density at radius 3 is 2.10 bits per heavy atom. The lowest BCUT2D eigenvalue weighted by Crippen LogP contribution is -2.67. The molecule has 0 spiro atoms. The summed E-state index contributed by atoms with van der Waals surface area (Å²) in [6.45, 7) is 6.01. The lowest BCUT2D eigenvalue weighted by molar-refractivity contribution is -0.317. The normalized spacial score (nSPS) is 48.6. The second-order valence-electron chi connectivity index (χ2n) is 8.45. The smallest absolute Gasteiger partial charge is 0.160 e. The molecule has 4 heteroatoms. The quantitative estimate of drug-likeness (QED) is 0.690. The molecule has 2 unspecified atom stereocenters. The van der Waals surface area contributed by atoms with Crippen LogP contribution in [0.15, 0.2) is 0 Å². The molecule has 0 heterocycles. The van der Waals surface area contributed by atoms with Gasteiger partial charge in [0.15, 0.2) is 6.29 Å². The van der Waals surface area contributed by atoms with Gasteiger partial charge in [0, 0.05) is 24.7 Å². The van der Waals surface area contributed by atoms with Gasteiger partial charge in [0.25, 0.3) is 0 Å². The van der Waals surface area contributed by atoms with E-state index in [4.69, 9.17) is 4.74 Å². The standard InChI is InChI=1S/C16H28O4/c1-4-13(2,3)12(17)20-16-7-11-5-14(18,9-16)8-15(19,6-11)10-16/h11-12,17-19H,4-10H2,1-3H3/t11?,12-,14?,15?,16?/m1/s1. The molecular formula is C16H28O4. The van der Waals surface area contributed by atoms with Crippen molar-refractivity contribution in [1.29, 1.82) is 0 Å². The van der Waals surface area contributed by atoms with Crippen molar-refractivity contribution in [3.8, 4) is 0 Å². The SMILES string of the molecule is CCC(C)(C)[C@H](O)OC12CC3CC(O)(CC(O)(C3)C1)C2. The molecule has 0 aliphatic heterocycles. The Hall–Kier alpha value is -0.160. The van der Waals surface area contributed by atoms with Crippen LogP contribution in [0, 0.1) is 11.3 Å². The predicted molar refractivity (Wildman–Crippen MR) is 75.0 cm³/mol. The molecule has 4 aliphatic rings. The van der Waals surface area contributed by atoms with Gasteiger partial charge in [0.05, 0.1) is 16.8 Å². The Morgan fingerprint density at radius 1 is 1.10 bits per heavy atom. The van der Waals surface area contributed by atoms with Crippen LogP contribution in [-0.2, 0) is 4.74 Å². The van der Waals surface area contributed by atoms with Crippen molar-refractivity contribution in [2.24, 2.45) is 11.3 Å². The van der Waals surface area contributed by atoms with E-state index in [0.29, 0.717) is 25.2 Å². The first kappa shape index (κ1) is 14.8. The topological polar surface area (TPSA) is 69.9 Å². The van der Waals surface area contributed by atoms with Crippen LogP contribution in [0.3, 0.4) is 0 Å². The van der Waals surface area contributed by atoms with Crippen molar-refractivity contribution in [3.05, 3.63) is 0 Å². The zero-order chi connectivity index (χ0) is 14.8. The molecule has 0 aromatic rings. The lowest BCUT2D eigenvalue weighted by Gasteiger charge is -2.63. The largest absolute Gasteiger partial charge is 0.390 e. The van der Waals surface area contributed by atoms with Crippen molar-refractivity contribution in [2.45, 2.75) is 88.8 Å². The van der Waals surface area contributed by atoms with Crippen molar-refractivity contribution >= 4 is 0 Å². The van der Waals surface area contributed by atoms with Crippen LogP contribution in [0.1, 0.15) is 65.7 Å². The van der Waals surface area contributed by atoms with Crippen molar-refractivity contribution in [2.75, 3.05) is 0 Å². The maximum absolute atomic E-state index is 10.7. The summed E-state index contributed by atoms with van der Waals surface area (Å²) in [6.07, 6.45) is 3.94. The number of aliphatic hydroxyl groups excluding tert-OH is 1. The van der Waals surface area contributed by atoms with E-state index < -0.39 is 23.1 Å². The van der Waals surface area contributed by atoms with E-state index in [1.807, 2.05) is 20.8 Å². The summed E-state index contributed by atoms with van der Waals surface area (Å²) in [7, 11) is 0. The predicted octanol–water partition coefficient (Wildman–Crippen LogP) is 1.96. The zero-order valence-corrected chi connectivity index (χ0v) is 12.9. The van der Waals surface area contributed by atoms with Gasteiger partial charge in [0.1, 0.15) is 0 Å². The van der Waals surface area contributed by atoms with Gasteiger partial charge in [-0.25, -0.2) is 0 Å². The molecule has 20 heavy (non-hydrogen) atoms. The van der Waals surface area contributed by atoms with Crippen molar-refractivity contribution in [1.82, 2.24) is 0 Å². The fraction of sp³-hybridized carbons (Fsp3) is 1.00. The van der Waals surface area contributed by atoms with Crippen molar-refractivity contribution in [3.63, 3.8) is 0 Å². The van der Waals surface area contributed by atoms with Crippen LogP contribution >= 0.6 is 0 Å². The lowest BCUT2D eigenvalue weighted by atomic mass is 9.50. The summed E-state index contributed by atoms with van der Waals surface area (Å²) < 4.78 is 6.07. The second-order valence-corrected chi connectivity index (χ2v) is 8.45. The summed E-state index contributed by atoms with van der Waals surface area (Å²) in [4.78, 5) is 0. The number of rotatable bonds is 4. The molecule has 0 amide bonds. The van der Waals surface area contributed by atoms with Gasteiger partial charge in [0.2, 0.25) is 0 Å². The highest BCUT2D eigenvalue weighted by Crippen LogP contribution is 2.61. The van der Waals surface area contributed by atoms with E-state index in [1.165, 1.54) is 0 Å². The third kappa shape index (κ3) is 2.31. The molecule has 116 valence electrons. The van der Waals surface area contributed by atoms with E-state index in [1.54, 1.807) is 0 Å². The molecule has 0 aromatic heterocycles. The maximum atomic E-state index is 10.7. The van der Waals surface area contributed by atoms with Gasteiger partial charge in [-0.05, 0) is 31.6 Å². The Labute approximate surface area is 121 Å². The fourth-order valence-electron chi connectivity index (χ4n) is 4.95. The highest BCUT2D eigenvalue weighted by molar-refractivity contribution is 5.16. The average Bonchev–Trinajstić information content (AvgIpc) is 2.22. The van der Waals surface area contributed by atoms with E-state index in [0.717, 1.165) is 25.7 Å². The van der Waals surface area contributed by atoms with Gasteiger partial charge in [-0.1, -0.05) is 20.8 Å². The molecule has 0 saturated heterocycles. The van der Waals surface area contributed by atoms with Crippen LogP contribution in [0.2, 0.25) is 0 Å². The summed E-state index contributed by atoms with van der Waals surface area (Å²) in [5.41, 5.74) is -2.46. The maximum Gasteiger partial charge on any atom is 0.160 e. The van der Waals surface area contributed by atoms with Gasteiger partial charge in [-0.15, -0.1) is 0 Å². The Balaban J connectivity index is 1.82. The minimum atomic E-state index is -0.851. The first-order valence-corrected chi connectivity index (χ1v) is 7.90. The van der Waals surface area contributed by atoms with Gasteiger partial charge >= 0.3 is 0 Å². The third-order valence-corrected chi connectivity index (χ3v) is 5.90. The minimum absolute atomic E-state index is 0.311. The summed E-state index contributed by atoms with van der Waals surface area (Å²) in [6, 6.07) is 0. The van der Waals surface area contributed by atoms with E-state index in [2.05, 4.69) is 0 Å². The molecule has 4 nitrogen and oxygen atoms in total. The summed E-state index contributed by atoms with van der Waals surface area (Å²) in [5.74, 6) is 0.318. The number of ether oxygens (including phenoxy) is 1. The molecule has 4 bridgehead atoms. The molecule has 0 radical (unpaired) electrons. The highest BCUT2D eigenvalue weighted by Gasteiger charge is 2.64. The Bertz CT molecular complexity index is 387. The van der Waals surface area contributed by atoms with Gasteiger partial charge in [-0.3, -0.25) is 0 Å². The Kier molecular flexibility index (Phi) is 3.09. The second kappa shape index (κ2) is 4.19. The molecule has 4 saturated carbocycles. The van der Waals surface area contributed by atoms with Crippen LogP contribution in [0.4, 0.5) is 0 Å². The molecule has 3 N–H and O–H groups in total. The van der Waals surface area contributed by atoms with Crippen LogP contribution in [0.25, 0.3) is 0 Å². The molecule has 4 rings (SSSR count). The van der Waals surface area contributed by atoms with Crippen molar-refractivity contribution < 1.29 is 20.1 Å². The van der Waals surface area contributed by atoms with Crippen LogP contribution in [0.5, 0.6) is 0 Å². The molecule has 3 atom stereocenters. The molecule has 4 fully saturated rings. The van der Waals surface area contributed by atoms with Crippen LogP contribution in [-0.4, -0.2) is 38.4 Å². The first-order chi connectivity index (χ1) is 9.10. The first-order valence-electron chi connectivity index (χ1n) is 7.90. The summed E-state index contributed by atoms with van der Waals surface area (Å²) >= 11 is 0. The molecule has 4 aliphatic carbocycles. The zero-order valence-electron chi connectivity index (χ0n) is 12.9. The summed E-state index contributed by atoms with van der Waals surface area (Å²) in [5, 5.41) is 31.8. The van der Waals surface area contributed by atoms with E-state index >= 15 is 0 Å². The number of hydrogen-bond donors (Lipinski definition) is 3. The third-order valence-electron chi connectivity index (χ3n) is 5.90. The fourth-order valence-corrected chi connectivity index (χ4v) is 4.95. The number of hydrogen-bond acceptors (Lipinski definition) is 4. The average molecular weight is 284 g/mol. The van der Waals surface area contributed by atoms with E-state index in [9.17, 15) is 15.3 Å². The van der Waals surface area contributed by atoms with Gasteiger partial charge < -0.3 is 20.1 Å². The van der Waals surface area contributed by atoms with E-state index in [-0.39, 0.29) is 5.41 Å². The Morgan fingerprint density at radius 2 is 1.65 bits per heavy atom. The van der Waals surface area contributed by atoms with Crippen LogP contribution < -0.4 is 0 Å². The monoisotopic (exact) mass is 284 g/mol. The molecular weight excluding hydrogens is 256 g/mol. The highest BCUT2D eigenvalue weighted by atomic mass is 16.6. The number of aliphatic hydroxyl groups is 3. The van der Waals surface area contributed by atoms with Gasteiger partial charge in [-0.2, -0.15) is 0 Å². The minimum Gasteiger partial charge on any atom is -0.390 e. The molecule has 0 aromatic carbocycles.